The zero-order chi connectivity index (χ0) is 22.6. The van der Waals surface area contributed by atoms with Crippen molar-refractivity contribution in [1.82, 2.24) is 10.6 Å². The second-order valence-corrected chi connectivity index (χ2v) is 7.63. The Morgan fingerprint density at radius 2 is 1.62 bits per heavy atom. The minimum atomic E-state index is -0.0633. The van der Waals surface area contributed by atoms with E-state index in [4.69, 9.17) is 9.47 Å². The molecule has 0 bridgehead atoms. The molecular weight excluding hydrogens is 400 g/mol. The van der Waals surface area contributed by atoms with E-state index in [9.17, 15) is 4.79 Å². The van der Waals surface area contributed by atoms with Gasteiger partial charge in [0, 0.05) is 12.6 Å². The highest BCUT2D eigenvalue weighted by atomic mass is 16.5. The van der Waals surface area contributed by atoms with Crippen molar-refractivity contribution in [3.8, 4) is 11.5 Å². The summed E-state index contributed by atoms with van der Waals surface area (Å²) < 4.78 is 10.6. The molecule has 3 rings (SSSR count). The van der Waals surface area contributed by atoms with Crippen molar-refractivity contribution in [1.29, 1.82) is 0 Å². The van der Waals surface area contributed by atoms with E-state index in [0.29, 0.717) is 6.54 Å². The van der Waals surface area contributed by atoms with Gasteiger partial charge < -0.3 is 20.1 Å². The highest BCUT2D eigenvalue weighted by Crippen LogP contribution is 2.27. The fourth-order valence-corrected chi connectivity index (χ4v) is 3.55. The van der Waals surface area contributed by atoms with Crippen LogP contribution in [0, 0.1) is 0 Å². The van der Waals surface area contributed by atoms with Crippen molar-refractivity contribution in [2.45, 2.75) is 19.3 Å². The van der Waals surface area contributed by atoms with Gasteiger partial charge in [-0.25, -0.2) is 0 Å². The van der Waals surface area contributed by atoms with E-state index in [2.05, 4.69) is 41.0 Å². The van der Waals surface area contributed by atoms with Crippen LogP contribution in [0.5, 0.6) is 11.5 Å². The molecule has 1 amide bonds. The minimum absolute atomic E-state index is 0.0633. The molecule has 0 aliphatic heterocycles. The van der Waals surface area contributed by atoms with E-state index < -0.39 is 0 Å². The van der Waals surface area contributed by atoms with Crippen molar-refractivity contribution < 1.29 is 14.3 Å². The lowest BCUT2D eigenvalue weighted by atomic mass is 10.1. The lowest BCUT2D eigenvalue weighted by Gasteiger charge is -2.10. The van der Waals surface area contributed by atoms with Gasteiger partial charge in [0.2, 0.25) is 5.91 Å². The van der Waals surface area contributed by atoms with Crippen LogP contribution in [0.4, 0.5) is 0 Å². The second-order valence-electron chi connectivity index (χ2n) is 7.63. The zero-order valence-electron chi connectivity index (χ0n) is 18.9. The van der Waals surface area contributed by atoms with Gasteiger partial charge in [-0.15, -0.1) is 0 Å². The standard InChI is InChI=1S/C27H32N2O3/c1-31-25-14-11-21(20-26(25)32-2)7-5-16-28-17-6-18-29-27(30)15-12-22-10-13-23-8-3-4-9-24(23)19-22/h3-4,8-15,19-20,28H,5-7,16-18H2,1-2H3,(H,29,30)/b15-12+. The van der Waals surface area contributed by atoms with E-state index in [0.717, 1.165) is 49.4 Å². The Kier molecular flexibility index (Phi) is 9.14. The van der Waals surface area contributed by atoms with Crippen LogP contribution >= 0.6 is 0 Å². The van der Waals surface area contributed by atoms with Gasteiger partial charge in [0.1, 0.15) is 0 Å². The molecule has 0 aromatic heterocycles. The Labute approximate surface area is 190 Å². The van der Waals surface area contributed by atoms with E-state index in [-0.39, 0.29) is 5.91 Å². The van der Waals surface area contributed by atoms with Crippen molar-refractivity contribution in [2.75, 3.05) is 33.9 Å². The SMILES string of the molecule is COc1ccc(CCCNCCCNC(=O)/C=C/c2ccc3ccccc3c2)cc1OC. The molecule has 3 aromatic carbocycles. The van der Waals surface area contributed by atoms with Gasteiger partial charge >= 0.3 is 0 Å². The maximum absolute atomic E-state index is 12.0. The summed E-state index contributed by atoms with van der Waals surface area (Å²) >= 11 is 0. The number of nitrogens with one attached hydrogen (secondary N) is 2. The van der Waals surface area contributed by atoms with E-state index in [1.807, 2.05) is 36.4 Å². The summed E-state index contributed by atoms with van der Waals surface area (Å²) in [6.07, 6.45) is 6.36. The first-order chi connectivity index (χ1) is 15.7. The molecule has 0 radical (unpaired) electrons. The molecule has 5 heteroatoms. The number of benzene rings is 3. The first kappa shape index (κ1) is 23.4. The number of fused-ring (bicyclic) bond motifs is 1. The lowest BCUT2D eigenvalue weighted by molar-refractivity contribution is -0.116. The van der Waals surface area contributed by atoms with E-state index in [1.54, 1.807) is 20.3 Å². The van der Waals surface area contributed by atoms with Crippen LogP contribution in [0.15, 0.2) is 66.7 Å². The summed E-state index contributed by atoms with van der Waals surface area (Å²) in [6.45, 7) is 2.47. The molecule has 32 heavy (non-hydrogen) atoms. The molecule has 5 nitrogen and oxygen atoms in total. The number of ether oxygens (including phenoxy) is 2. The molecule has 168 valence electrons. The molecule has 3 aromatic rings. The number of carbonyl (C=O) groups is 1. The molecule has 0 spiro atoms. The molecule has 0 aliphatic carbocycles. The van der Waals surface area contributed by atoms with Crippen molar-refractivity contribution in [3.05, 3.63) is 77.9 Å². The number of carbonyl (C=O) groups excluding carboxylic acids is 1. The van der Waals surface area contributed by atoms with Gasteiger partial charge in [-0.1, -0.05) is 42.5 Å². The van der Waals surface area contributed by atoms with Crippen LogP contribution < -0.4 is 20.1 Å². The molecular formula is C27H32N2O3. The third-order valence-corrected chi connectivity index (χ3v) is 5.30. The Morgan fingerprint density at radius 3 is 2.44 bits per heavy atom. The molecule has 0 saturated carbocycles. The Bertz CT molecular complexity index is 1050. The van der Waals surface area contributed by atoms with Gasteiger partial charge in [0.05, 0.1) is 14.2 Å². The van der Waals surface area contributed by atoms with Crippen LogP contribution in [0.2, 0.25) is 0 Å². The normalized spacial score (nSPS) is 11.1. The number of methoxy groups -OCH3 is 2. The smallest absolute Gasteiger partial charge is 0.243 e. The molecule has 0 saturated heterocycles. The molecule has 0 heterocycles. The highest BCUT2D eigenvalue weighted by molar-refractivity contribution is 5.92. The first-order valence-electron chi connectivity index (χ1n) is 11.1. The van der Waals surface area contributed by atoms with E-state index in [1.165, 1.54) is 16.3 Å². The lowest BCUT2D eigenvalue weighted by Crippen LogP contribution is -2.26. The minimum Gasteiger partial charge on any atom is -0.493 e. The molecule has 0 fully saturated rings. The number of hydrogen-bond acceptors (Lipinski definition) is 4. The van der Waals surface area contributed by atoms with Gasteiger partial charge in [0.25, 0.3) is 0 Å². The maximum atomic E-state index is 12.0. The Hall–Kier alpha value is -3.31. The van der Waals surface area contributed by atoms with Crippen LogP contribution in [-0.4, -0.2) is 39.8 Å². The molecule has 0 atom stereocenters. The Morgan fingerprint density at radius 1 is 0.844 bits per heavy atom. The fraction of sp³-hybridized carbons (Fsp3) is 0.296. The average Bonchev–Trinajstić information content (AvgIpc) is 2.84. The van der Waals surface area contributed by atoms with E-state index >= 15 is 0 Å². The Balaban J connectivity index is 1.27. The summed E-state index contributed by atoms with van der Waals surface area (Å²) in [5.74, 6) is 1.46. The number of rotatable bonds is 12. The maximum Gasteiger partial charge on any atom is 0.243 e. The van der Waals surface area contributed by atoms with Gasteiger partial charge in [-0.05, 0) is 78.5 Å². The topological polar surface area (TPSA) is 59.6 Å². The van der Waals surface area contributed by atoms with Crippen LogP contribution in [-0.2, 0) is 11.2 Å². The van der Waals surface area contributed by atoms with Crippen LogP contribution in [0.25, 0.3) is 16.8 Å². The third kappa shape index (κ3) is 7.13. The van der Waals surface area contributed by atoms with Gasteiger partial charge in [-0.2, -0.15) is 0 Å². The molecule has 0 aliphatic rings. The molecule has 2 N–H and O–H groups in total. The summed E-state index contributed by atoms with van der Waals surface area (Å²) in [5, 5.41) is 8.74. The summed E-state index contributed by atoms with van der Waals surface area (Å²) in [5.41, 5.74) is 2.25. The highest BCUT2D eigenvalue weighted by Gasteiger charge is 2.04. The van der Waals surface area contributed by atoms with Crippen LogP contribution in [0.1, 0.15) is 24.0 Å². The second kappa shape index (κ2) is 12.5. The predicted octanol–water partition coefficient (Wildman–Crippen LogP) is 4.60. The summed E-state index contributed by atoms with van der Waals surface area (Å²) in [6, 6.07) is 20.4. The van der Waals surface area contributed by atoms with Crippen LogP contribution in [0.3, 0.4) is 0 Å². The zero-order valence-corrected chi connectivity index (χ0v) is 18.9. The molecule has 0 unspecified atom stereocenters. The fourth-order valence-electron chi connectivity index (χ4n) is 3.55. The van der Waals surface area contributed by atoms with Crippen molar-refractivity contribution >= 4 is 22.8 Å². The largest absolute Gasteiger partial charge is 0.493 e. The third-order valence-electron chi connectivity index (χ3n) is 5.30. The summed E-state index contributed by atoms with van der Waals surface area (Å²) in [7, 11) is 3.30. The van der Waals surface area contributed by atoms with Gasteiger partial charge in [-0.3, -0.25) is 4.79 Å². The van der Waals surface area contributed by atoms with Crippen molar-refractivity contribution in [2.24, 2.45) is 0 Å². The monoisotopic (exact) mass is 432 g/mol. The van der Waals surface area contributed by atoms with Crippen molar-refractivity contribution in [3.63, 3.8) is 0 Å². The predicted molar refractivity (Wildman–Crippen MR) is 131 cm³/mol. The first-order valence-corrected chi connectivity index (χ1v) is 11.1. The number of aryl methyl sites for hydroxylation is 1. The number of amides is 1. The van der Waals surface area contributed by atoms with Gasteiger partial charge in [0.15, 0.2) is 11.5 Å². The quantitative estimate of drug-likeness (QED) is 0.324. The number of hydrogen-bond donors (Lipinski definition) is 2. The summed E-state index contributed by atoms with van der Waals surface area (Å²) in [4.78, 5) is 12.0. The average molecular weight is 433 g/mol.